The Morgan fingerprint density at radius 1 is 1.21 bits per heavy atom. The SMILES string of the molecule is CC(=O)OC1CCCC2=C(CCC2)C1. The fourth-order valence-corrected chi connectivity index (χ4v) is 2.67. The van der Waals surface area contributed by atoms with Crippen LogP contribution in [-0.4, -0.2) is 12.1 Å². The number of hydrogen-bond acceptors (Lipinski definition) is 2. The summed E-state index contributed by atoms with van der Waals surface area (Å²) in [5.74, 6) is -0.128. The van der Waals surface area contributed by atoms with Crippen LogP contribution in [0.4, 0.5) is 0 Å². The van der Waals surface area contributed by atoms with Crippen molar-refractivity contribution in [1.29, 1.82) is 0 Å². The highest BCUT2D eigenvalue weighted by Gasteiger charge is 2.23. The summed E-state index contributed by atoms with van der Waals surface area (Å²) in [6.45, 7) is 1.51. The van der Waals surface area contributed by atoms with Gasteiger partial charge in [-0.05, 0) is 38.5 Å². The van der Waals surface area contributed by atoms with Gasteiger partial charge >= 0.3 is 5.97 Å². The first-order chi connectivity index (χ1) is 6.75. The van der Waals surface area contributed by atoms with Crippen LogP contribution in [0.25, 0.3) is 0 Å². The Morgan fingerprint density at radius 3 is 2.71 bits per heavy atom. The predicted octanol–water partition coefficient (Wildman–Crippen LogP) is 2.97. The van der Waals surface area contributed by atoms with E-state index in [0.29, 0.717) is 0 Å². The van der Waals surface area contributed by atoms with Crippen molar-refractivity contribution in [2.75, 3.05) is 0 Å². The second-order valence-electron chi connectivity index (χ2n) is 4.39. The van der Waals surface area contributed by atoms with Crippen LogP contribution in [0.5, 0.6) is 0 Å². The molecule has 2 aliphatic carbocycles. The Bertz CT molecular complexity index is 265. The first-order valence-electron chi connectivity index (χ1n) is 5.62. The molecule has 2 rings (SSSR count). The van der Waals surface area contributed by atoms with E-state index in [1.807, 2.05) is 0 Å². The summed E-state index contributed by atoms with van der Waals surface area (Å²) >= 11 is 0. The van der Waals surface area contributed by atoms with E-state index in [0.717, 1.165) is 12.8 Å². The van der Waals surface area contributed by atoms with E-state index >= 15 is 0 Å². The monoisotopic (exact) mass is 194 g/mol. The Balaban J connectivity index is 1.99. The zero-order chi connectivity index (χ0) is 9.97. The molecular formula is C12H18O2. The molecular weight excluding hydrogens is 176 g/mol. The summed E-state index contributed by atoms with van der Waals surface area (Å²) < 4.78 is 5.31. The number of carbonyl (C=O) groups excluding carboxylic acids is 1. The molecule has 0 heterocycles. The minimum Gasteiger partial charge on any atom is -0.462 e. The van der Waals surface area contributed by atoms with Crippen LogP contribution in [-0.2, 0) is 9.53 Å². The van der Waals surface area contributed by atoms with E-state index in [4.69, 9.17) is 4.74 Å². The lowest BCUT2D eigenvalue weighted by Gasteiger charge is -2.15. The molecule has 0 aromatic rings. The first-order valence-corrected chi connectivity index (χ1v) is 5.62. The normalized spacial score (nSPS) is 27.1. The summed E-state index contributed by atoms with van der Waals surface area (Å²) in [6, 6.07) is 0. The maximum absolute atomic E-state index is 10.9. The van der Waals surface area contributed by atoms with Gasteiger partial charge < -0.3 is 4.74 Å². The van der Waals surface area contributed by atoms with Gasteiger partial charge in [0.25, 0.3) is 0 Å². The molecule has 1 atom stereocenters. The second-order valence-corrected chi connectivity index (χ2v) is 4.39. The number of ether oxygens (including phenoxy) is 1. The largest absolute Gasteiger partial charge is 0.462 e. The fraction of sp³-hybridized carbons (Fsp3) is 0.750. The van der Waals surface area contributed by atoms with Crippen LogP contribution in [0.1, 0.15) is 51.9 Å². The molecule has 2 heteroatoms. The summed E-state index contributed by atoms with van der Waals surface area (Å²) in [5.41, 5.74) is 3.26. The zero-order valence-corrected chi connectivity index (χ0v) is 8.84. The Hall–Kier alpha value is -0.790. The number of hydrogen-bond donors (Lipinski definition) is 0. The molecule has 0 aliphatic heterocycles. The molecule has 0 amide bonds. The molecule has 78 valence electrons. The van der Waals surface area contributed by atoms with E-state index in [9.17, 15) is 4.79 Å². The summed E-state index contributed by atoms with van der Waals surface area (Å²) in [5, 5.41) is 0. The van der Waals surface area contributed by atoms with Gasteiger partial charge in [-0.2, -0.15) is 0 Å². The van der Waals surface area contributed by atoms with Crippen molar-refractivity contribution in [1.82, 2.24) is 0 Å². The van der Waals surface area contributed by atoms with Gasteiger partial charge in [-0.3, -0.25) is 4.79 Å². The average Bonchev–Trinajstić information content (AvgIpc) is 2.44. The van der Waals surface area contributed by atoms with Crippen molar-refractivity contribution in [3.8, 4) is 0 Å². The molecule has 14 heavy (non-hydrogen) atoms. The number of rotatable bonds is 1. The van der Waals surface area contributed by atoms with E-state index in [1.165, 1.54) is 39.0 Å². The fourth-order valence-electron chi connectivity index (χ4n) is 2.67. The van der Waals surface area contributed by atoms with Crippen LogP contribution < -0.4 is 0 Å². The van der Waals surface area contributed by atoms with Crippen LogP contribution in [0.15, 0.2) is 11.1 Å². The number of carbonyl (C=O) groups is 1. The molecule has 2 aliphatic rings. The minimum atomic E-state index is -0.128. The lowest BCUT2D eigenvalue weighted by atomic mass is 10.1. The molecule has 1 unspecified atom stereocenters. The van der Waals surface area contributed by atoms with Gasteiger partial charge in [0.1, 0.15) is 6.10 Å². The highest BCUT2D eigenvalue weighted by molar-refractivity contribution is 5.66. The zero-order valence-electron chi connectivity index (χ0n) is 8.84. The van der Waals surface area contributed by atoms with Crippen molar-refractivity contribution in [3.05, 3.63) is 11.1 Å². The molecule has 0 aromatic heterocycles. The summed E-state index contributed by atoms with van der Waals surface area (Å²) in [4.78, 5) is 10.9. The van der Waals surface area contributed by atoms with Gasteiger partial charge in [-0.15, -0.1) is 0 Å². The number of allylic oxidation sites excluding steroid dienone is 1. The highest BCUT2D eigenvalue weighted by Crippen LogP contribution is 2.36. The van der Waals surface area contributed by atoms with Crippen molar-refractivity contribution in [2.45, 2.75) is 58.0 Å². The van der Waals surface area contributed by atoms with Crippen LogP contribution in [0.3, 0.4) is 0 Å². The lowest BCUT2D eigenvalue weighted by molar-refractivity contribution is -0.146. The average molecular weight is 194 g/mol. The van der Waals surface area contributed by atoms with E-state index in [1.54, 1.807) is 11.1 Å². The van der Waals surface area contributed by atoms with Crippen LogP contribution in [0, 0.1) is 0 Å². The predicted molar refractivity (Wildman–Crippen MR) is 54.9 cm³/mol. The smallest absolute Gasteiger partial charge is 0.302 e. The Kier molecular flexibility index (Phi) is 2.90. The van der Waals surface area contributed by atoms with E-state index < -0.39 is 0 Å². The van der Waals surface area contributed by atoms with Gasteiger partial charge in [-0.25, -0.2) is 0 Å². The standard InChI is InChI=1S/C12H18O2/c1-9(13)14-12-7-3-5-10-4-2-6-11(10)8-12/h12H,2-8H2,1H3. The van der Waals surface area contributed by atoms with Gasteiger partial charge in [-0.1, -0.05) is 11.1 Å². The van der Waals surface area contributed by atoms with Crippen molar-refractivity contribution in [2.24, 2.45) is 0 Å². The van der Waals surface area contributed by atoms with Crippen molar-refractivity contribution in [3.63, 3.8) is 0 Å². The molecule has 2 nitrogen and oxygen atoms in total. The summed E-state index contributed by atoms with van der Waals surface area (Å²) in [6.07, 6.45) is 8.51. The van der Waals surface area contributed by atoms with Crippen LogP contribution in [0.2, 0.25) is 0 Å². The summed E-state index contributed by atoms with van der Waals surface area (Å²) in [7, 11) is 0. The maximum atomic E-state index is 10.9. The van der Waals surface area contributed by atoms with Crippen molar-refractivity contribution >= 4 is 5.97 Å². The molecule has 0 saturated heterocycles. The highest BCUT2D eigenvalue weighted by atomic mass is 16.5. The molecule has 0 fully saturated rings. The van der Waals surface area contributed by atoms with Crippen molar-refractivity contribution < 1.29 is 9.53 Å². The molecule has 0 radical (unpaired) electrons. The van der Waals surface area contributed by atoms with E-state index in [2.05, 4.69) is 0 Å². The third-order valence-electron chi connectivity index (χ3n) is 3.27. The first kappa shape index (κ1) is 9.75. The van der Waals surface area contributed by atoms with Crippen LogP contribution >= 0.6 is 0 Å². The third kappa shape index (κ3) is 2.17. The van der Waals surface area contributed by atoms with Gasteiger partial charge in [0.05, 0.1) is 0 Å². The molecule has 0 saturated carbocycles. The molecule has 0 spiro atoms. The molecule has 0 bridgehead atoms. The topological polar surface area (TPSA) is 26.3 Å². The van der Waals surface area contributed by atoms with Gasteiger partial charge in [0.15, 0.2) is 0 Å². The van der Waals surface area contributed by atoms with E-state index in [-0.39, 0.29) is 12.1 Å². The maximum Gasteiger partial charge on any atom is 0.302 e. The molecule has 0 N–H and O–H groups in total. The van der Waals surface area contributed by atoms with Gasteiger partial charge in [0, 0.05) is 13.3 Å². The Morgan fingerprint density at radius 2 is 1.93 bits per heavy atom. The quantitative estimate of drug-likeness (QED) is 0.474. The molecule has 0 aromatic carbocycles. The lowest BCUT2D eigenvalue weighted by Crippen LogP contribution is -2.15. The Labute approximate surface area is 85.3 Å². The van der Waals surface area contributed by atoms with Gasteiger partial charge in [0.2, 0.25) is 0 Å². The second kappa shape index (κ2) is 4.16. The number of esters is 1. The third-order valence-corrected chi connectivity index (χ3v) is 3.27. The minimum absolute atomic E-state index is 0.128.